The summed E-state index contributed by atoms with van der Waals surface area (Å²) in [6.45, 7) is 1.11. The van der Waals surface area contributed by atoms with Gasteiger partial charge >= 0.3 is 0 Å². The molecule has 0 saturated heterocycles. The molecule has 0 aromatic carbocycles. The van der Waals surface area contributed by atoms with Gasteiger partial charge in [-0.05, 0) is 0 Å². The van der Waals surface area contributed by atoms with E-state index in [2.05, 4.69) is 25.9 Å². The molecule has 0 unspecified atom stereocenters. The van der Waals surface area contributed by atoms with Gasteiger partial charge in [0.15, 0.2) is 0 Å². The number of methoxy groups -OCH3 is 1. The average molecular weight is 187 g/mol. The summed E-state index contributed by atoms with van der Waals surface area (Å²) >= 11 is 0. The number of quaternary nitrogens is 1. The highest BCUT2D eigenvalue weighted by atomic mass is 35.5. The van der Waals surface area contributed by atoms with Crippen LogP contribution in [0.25, 0.3) is 0 Å². The van der Waals surface area contributed by atoms with Gasteiger partial charge in [0.25, 0.3) is 0 Å². The molecule has 0 saturated carbocycles. The SMILES string of the molecule is COC.C[N+](C)(C)CCO.Cl. The molecule has 0 heterocycles. The van der Waals surface area contributed by atoms with Crippen LogP contribution in [-0.2, 0) is 4.74 Å². The summed E-state index contributed by atoms with van der Waals surface area (Å²) in [5.74, 6) is 0. The highest BCUT2D eigenvalue weighted by molar-refractivity contribution is 5.85. The molecule has 0 radical (unpaired) electrons. The van der Waals surface area contributed by atoms with E-state index in [0.717, 1.165) is 11.0 Å². The Bertz CT molecular complexity index is 64.0. The molecule has 0 aliphatic heterocycles. The van der Waals surface area contributed by atoms with Crippen molar-refractivity contribution in [3.63, 3.8) is 0 Å². The van der Waals surface area contributed by atoms with Crippen molar-refractivity contribution >= 4 is 12.4 Å². The highest BCUT2D eigenvalue weighted by Crippen LogP contribution is 1.84. The Morgan fingerprint density at radius 1 is 1.18 bits per heavy atom. The summed E-state index contributed by atoms with van der Waals surface area (Å²) in [6.07, 6.45) is 0. The largest absolute Gasteiger partial charge is 0.391 e. The molecule has 0 spiro atoms. The van der Waals surface area contributed by atoms with Crippen molar-refractivity contribution in [2.45, 2.75) is 0 Å². The number of hydrogen-bond acceptors (Lipinski definition) is 2. The first-order valence-electron chi connectivity index (χ1n) is 3.29. The minimum Gasteiger partial charge on any atom is -0.391 e. The molecule has 4 heteroatoms. The molecule has 0 atom stereocenters. The maximum Gasteiger partial charge on any atom is 0.101 e. The summed E-state index contributed by atoms with van der Waals surface area (Å²) in [5.41, 5.74) is 0. The number of halogens is 1. The fraction of sp³-hybridized carbons (Fsp3) is 1.00. The Labute approximate surface area is 76.0 Å². The molecule has 1 N–H and O–H groups in total. The second-order valence-electron chi connectivity index (χ2n) is 3.15. The summed E-state index contributed by atoms with van der Waals surface area (Å²) in [7, 11) is 9.41. The lowest BCUT2D eigenvalue weighted by atomic mass is 10.5. The van der Waals surface area contributed by atoms with Gasteiger partial charge in [0.1, 0.15) is 6.54 Å². The molecule has 0 aliphatic carbocycles. The third-order valence-corrected chi connectivity index (χ3v) is 0.771. The number of nitrogens with zero attached hydrogens (tertiary/aromatic N) is 1. The minimum atomic E-state index is 0. The standard InChI is InChI=1S/C5H14NO.C2H6O.ClH/c1-6(2,3)4-5-7;1-3-2;/h7H,4-5H2,1-3H3;1-2H3;1H/q+1;;. The molecule has 0 fully saturated rings. The van der Waals surface area contributed by atoms with Crippen molar-refractivity contribution in [3.8, 4) is 0 Å². The first kappa shape index (κ1) is 17.3. The van der Waals surface area contributed by atoms with Gasteiger partial charge in [-0.3, -0.25) is 0 Å². The fourth-order valence-corrected chi connectivity index (χ4v) is 0.300. The Hall–Kier alpha value is 0.170. The third-order valence-electron chi connectivity index (χ3n) is 0.771. The van der Waals surface area contributed by atoms with Crippen LogP contribution >= 0.6 is 12.4 Å². The number of rotatable bonds is 2. The molecule has 11 heavy (non-hydrogen) atoms. The van der Waals surface area contributed by atoms with Gasteiger partial charge in [-0.15, -0.1) is 12.4 Å². The normalized spacial score (nSPS) is 9.27. The first-order chi connectivity index (χ1) is 4.47. The van der Waals surface area contributed by atoms with Crippen LogP contribution in [0.5, 0.6) is 0 Å². The molecule has 3 nitrogen and oxygen atoms in total. The van der Waals surface area contributed by atoms with E-state index >= 15 is 0 Å². The average Bonchev–Trinajstić information content (AvgIpc) is 1.63. The van der Waals surface area contributed by atoms with E-state index in [-0.39, 0.29) is 19.0 Å². The highest BCUT2D eigenvalue weighted by Gasteiger charge is 2.02. The summed E-state index contributed by atoms with van der Waals surface area (Å²) < 4.78 is 5.09. The van der Waals surface area contributed by atoms with Crippen molar-refractivity contribution in [2.75, 3.05) is 48.5 Å². The predicted molar refractivity (Wildman–Crippen MR) is 50.2 cm³/mol. The maximum absolute atomic E-state index is 8.39. The molecule has 0 amide bonds. The van der Waals surface area contributed by atoms with Crippen LogP contribution in [0.3, 0.4) is 0 Å². The van der Waals surface area contributed by atoms with Crippen LogP contribution in [0.4, 0.5) is 0 Å². The second-order valence-corrected chi connectivity index (χ2v) is 3.15. The van der Waals surface area contributed by atoms with Gasteiger partial charge in [-0.1, -0.05) is 0 Å². The van der Waals surface area contributed by atoms with Crippen LogP contribution in [0.15, 0.2) is 0 Å². The van der Waals surface area contributed by atoms with E-state index in [1.54, 1.807) is 14.2 Å². The van der Waals surface area contributed by atoms with E-state index in [4.69, 9.17) is 5.11 Å². The van der Waals surface area contributed by atoms with Crippen molar-refractivity contribution in [3.05, 3.63) is 0 Å². The summed E-state index contributed by atoms with van der Waals surface area (Å²) in [6, 6.07) is 0. The monoisotopic (exact) mass is 186 g/mol. The van der Waals surface area contributed by atoms with Crippen molar-refractivity contribution < 1.29 is 14.3 Å². The Kier molecular flexibility index (Phi) is 16.0. The van der Waals surface area contributed by atoms with Crippen LogP contribution < -0.4 is 0 Å². The Morgan fingerprint density at radius 3 is 1.45 bits per heavy atom. The zero-order chi connectivity index (χ0) is 8.62. The van der Waals surface area contributed by atoms with Crippen LogP contribution in [0.1, 0.15) is 0 Å². The molecule has 0 aromatic rings. The molecule has 0 bridgehead atoms. The molecular formula is C7H21ClNO2+. The summed E-state index contributed by atoms with van der Waals surface area (Å²) in [5, 5.41) is 8.39. The molecule has 0 aromatic heterocycles. The van der Waals surface area contributed by atoms with Gasteiger partial charge in [0.05, 0.1) is 27.7 Å². The molecular weight excluding hydrogens is 166 g/mol. The first-order valence-corrected chi connectivity index (χ1v) is 3.29. The van der Waals surface area contributed by atoms with Gasteiger partial charge in [0, 0.05) is 14.2 Å². The van der Waals surface area contributed by atoms with E-state index in [1.807, 2.05) is 0 Å². The number of ether oxygens (including phenoxy) is 1. The topological polar surface area (TPSA) is 29.5 Å². The fourth-order valence-electron chi connectivity index (χ4n) is 0.300. The third kappa shape index (κ3) is 39.0. The van der Waals surface area contributed by atoms with Gasteiger partial charge in [-0.25, -0.2) is 0 Å². The molecule has 0 rings (SSSR count). The molecule has 0 aliphatic rings. The number of hydrogen-bond donors (Lipinski definition) is 1. The summed E-state index contributed by atoms with van der Waals surface area (Å²) in [4.78, 5) is 0. The van der Waals surface area contributed by atoms with Gasteiger partial charge in [-0.2, -0.15) is 0 Å². The number of aliphatic hydroxyl groups excluding tert-OH is 1. The smallest absolute Gasteiger partial charge is 0.101 e. The Morgan fingerprint density at radius 2 is 1.45 bits per heavy atom. The zero-order valence-electron chi connectivity index (χ0n) is 8.13. The van der Waals surface area contributed by atoms with E-state index in [1.165, 1.54) is 0 Å². The minimum absolute atomic E-state index is 0. The van der Waals surface area contributed by atoms with Crippen molar-refractivity contribution in [2.24, 2.45) is 0 Å². The quantitative estimate of drug-likeness (QED) is 0.632. The zero-order valence-corrected chi connectivity index (χ0v) is 8.94. The van der Waals surface area contributed by atoms with Gasteiger partial charge < -0.3 is 14.3 Å². The van der Waals surface area contributed by atoms with E-state index in [9.17, 15) is 0 Å². The molecule has 72 valence electrons. The lowest BCUT2D eigenvalue weighted by Crippen LogP contribution is -2.36. The number of aliphatic hydroxyl groups is 1. The van der Waals surface area contributed by atoms with E-state index < -0.39 is 0 Å². The lowest BCUT2D eigenvalue weighted by molar-refractivity contribution is -0.870. The lowest BCUT2D eigenvalue weighted by Gasteiger charge is -2.21. The van der Waals surface area contributed by atoms with Crippen LogP contribution in [0.2, 0.25) is 0 Å². The maximum atomic E-state index is 8.39. The Balaban J connectivity index is -0.000000140. The van der Waals surface area contributed by atoms with Crippen LogP contribution in [-0.4, -0.2) is 58.1 Å². The van der Waals surface area contributed by atoms with Crippen molar-refractivity contribution in [1.29, 1.82) is 0 Å². The van der Waals surface area contributed by atoms with E-state index in [0.29, 0.717) is 0 Å². The van der Waals surface area contributed by atoms with Crippen LogP contribution in [0, 0.1) is 0 Å². The van der Waals surface area contributed by atoms with Crippen molar-refractivity contribution in [1.82, 2.24) is 0 Å². The number of likely N-dealkylation sites (N-methyl/N-ethyl adjacent to an activating group) is 1. The van der Waals surface area contributed by atoms with Gasteiger partial charge in [0.2, 0.25) is 0 Å². The predicted octanol–water partition coefficient (Wildman–Crippen LogP) is 0.369. The second kappa shape index (κ2) is 10.2.